The van der Waals surface area contributed by atoms with Crippen molar-refractivity contribution < 1.29 is 43.7 Å². The molecule has 1 saturated heterocycles. The Morgan fingerprint density at radius 2 is 2.00 bits per heavy atom. The zero-order valence-corrected chi connectivity index (χ0v) is 10.8. The van der Waals surface area contributed by atoms with Crippen LogP contribution in [0.5, 0.6) is 0 Å². The molecule has 0 aromatic heterocycles. The first-order chi connectivity index (χ1) is 8.65. The smallest absolute Gasteiger partial charge is 0.394 e. The lowest BCUT2D eigenvalue weighted by molar-refractivity contribution is -0.250. The van der Waals surface area contributed by atoms with Crippen LogP contribution in [-0.4, -0.2) is 68.3 Å². The number of phosphoric acid groups is 1. The van der Waals surface area contributed by atoms with E-state index < -0.39 is 51.0 Å². The fourth-order valence-electron chi connectivity index (χ4n) is 1.76. The van der Waals surface area contributed by atoms with E-state index in [1.54, 1.807) is 0 Å². The maximum absolute atomic E-state index is 10.9. The van der Waals surface area contributed by atoms with Gasteiger partial charge in [0.25, 0.3) is 0 Å². The fraction of sp³-hybridized carbons (Fsp3) is 0.875. The first kappa shape index (κ1) is 16.5. The third-order valence-electron chi connectivity index (χ3n) is 2.50. The average Bonchev–Trinajstić information content (AvgIpc) is 2.26. The summed E-state index contributed by atoms with van der Waals surface area (Å²) in [5.74, 6) is -0.593. The molecule has 0 aromatic rings. The standard InChI is InChI=1S/C8H16NO9P/c1-3(11)9-5-6(12)7(18-19(14,15)16)4(2-10)17-8(5)13/h4-8,10,12-13H,2H2,1H3,(H,9,11)(H2,14,15,16)/t4-,5-,6-,7+,8-/m1/s1. The number of hydrogen-bond donors (Lipinski definition) is 6. The predicted octanol–water partition coefficient (Wildman–Crippen LogP) is -2.96. The minimum atomic E-state index is -4.95. The minimum Gasteiger partial charge on any atom is -0.394 e. The summed E-state index contributed by atoms with van der Waals surface area (Å²) in [4.78, 5) is 28.4. The van der Waals surface area contributed by atoms with Gasteiger partial charge in [-0.2, -0.15) is 0 Å². The lowest BCUT2D eigenvalue weighted by atomic mass is 9.97. The SMILES string of the molecule is CC(=O)N[C@@H]1[C@@H](O)[C@@H](OP(=O)(O)O)[C@@H](CO)O[C@H]1O. The summed E-state index contributed by atoms with van der Waals surface area (Å²) >= 11 is 0. The molecular weight excluding hydrogens is 285 g/mol. The first-order valence-electron chi connectivity index (χ1n) is 5.29. The van der Waals surface area contributed by atoms with E-state index in [9.17, 15) is 19.6 Å². The van der Waals surface area contributed by atoms with Gasteiger partial charge >= 0.3 is 7.82 Å². The van der Waals surface area contributed by atoms with Crippen LogP contribution in [0.1, 0.15) is 6.92 Å². The van der Waals surface area contributed by atoms with E-state index in [-0.39, 0.29) is 0 Å². The van der Waals surface area contributed by atoms with Gasteiger partial charge in [-0.15, -0.1) is 0 Å². The van der Waals surface area contributed by atoms with Gasteiger partial charge < -0.3 is 35.2 Å². The van der Waals surface area contributed by atoms with Crippen LogP contribution in [0.2, 0.25) is 0 Å². The van der Waals surface area contributed by atoms with Gasteiger partial charge in [0, 0.05) is 6.92 Å². The number of rotatable bonds is 4. The molecule has 1 rings (SSSR count). The van der Waals surface area contributed by atoms with E-state index >= 15 is 0 Å². The lowest BCUT2D eigenvalue weighted by Crippen LogP contribution is -2.64. The Morgan fingerprint density at radius 3 is 2.42 bits per heavy atom. The van der Waals surface area contributed by atoms with Crippen LogP contribution >= 0.6 is 7.82 Å². The molecule has 0 spiro atoms. The van der Waals surface area contributed by atoms with E-state index in [1.165, 1.54) is 0 Å². The molecule has 5 atom stereocenters. The van der Waals surface area contributed by atoms with Crippen molar-refractivity contribution in [3.05, 3.63) is 0 Å². The molecule has 0 saturated carbocycles. The molecule has 112 valence electrons. The van der Waals surface area contributed by atoms with Gasteiger partial charge in [-0.05, 0) is 0 Å². The van der Waals surface area contributed by atoms with Crippen molar-refractivity contribution in [3.63, 3.8) is 0 Å². The van der Waals surface area contributed by atoms with Gasteiger partial charge in [0.1, 0.15) is 24.4 Å². The topological polar surface area (TPSA) is 166 Å². The van der Waals surface area contributed by atoms with Gasteiger partial charge in [-0.1, -0.05) is 0 Å². The Kier molecular flexibility index (Phi) is 5.42. The number of carbonyl (C=O) groups is 1. The van der Waals surface area contributed by atoms with E-state index in [4.69, 9.17) is 19.6 Å². The van der Waals surface area contributed by atoms with Gasteiger partial charge in [0.05, 0.1) is 6.61 Å². The fourth-order valence-corrected chi connectivity index (χ4v) is 2.34. The average molecular weight is 301 g/mol. The van der Waals surface area contributed by atoms with Crippen LogP contribution in [0.3, 0.4) is 0 Å². The molecule has 11 heteroatoms. The Labute approximate surface area is 108 Å². The number of ether oxygens (including phenoxy) is 1. The molecular formula is C8H16NO9P. The van der Waals surface area contributed by atoms with E-state index in [1.807, 2.05) is 0 Å². The number of carbonyl (C=O) groups excluding carboxylic acids is 1. The summed E-state index contributed by atoms with van der Waals surface area (Å²) in [6.45, 7) is 0.377. The lowest BCUT2D eigenvalue weighted by Gasteiger charge is -2.41. The number of aliphatic hydroxyl groups is 3. The minimum absolute atomic E-state index is 0.593. The molecule has 0 aromatic carbocycles. The van der Waals surface area contributed by atoms with Crippen LogP contribution in [0.25, 0.3) is 0 Å². The summed E-state index contributed by atoms with van der Waals surface area (Å²) in [5, 5.41) is 30.6. The summed E-state index contributed by atoms with van der Waals surface area (Å²) in [6, 6.07) is -1.34. The van der Waals surface area contributed by atoms with E-state index in [0.29, 0.717) is 0 Å². The van der Waals surface area contributed by atoms with Gasteiger partial charge in [-0.3, -0.25) is 9.32 Å². The summed E-state index contributed by atoms with van der Waals surface area (Å²) < 4.78 is 20.0. The van der Waals surface area contributed by atoms with Crippen molar-refractivity contribution in [3.8, 4) is 0 Å². The third kappa shape index (κ3) is 4.48. The van der Waals surface area contributed by atoms with Gasteiger partial charge in [0.2, 0.25) is 5.91 Å². The van der Waals surface area contributed by atoms with Crippen molar-refractivity contribution in [1.82, 2.24) is 5.32 Å². The molecule has 19 heavy (non-hydrogen) atoms. The number of phosphoric ester groups is 1. The van der Waals surface area contributed by atoms with Crippen molar-refractivity contribution >= 4 is 13.7 Å². The normalized spacial score (nSPS) is 36.0. The predicted molar refractivity (Wildman–Crippen MR) is 58.5 cm³/mol. The molecule has 0 unspecified atom stereocenters. The van der Waals surface area contributed by atoms with E-state index in [0.717, 1.165) is 6.92 Å². The molecule has 1 fully saturated rings. The monoisotopic (exact) mass is 301 g/mol. The second-order valence-corrected chi connectivity index (χ2v) is 5.22. The molecule has 0 radical (unpaired) electrons. The quantitative estimate of drug-likeness (QED) is 0.297. The van der Waals surface area contributed by atoms with Crippen LogP contribution in [0.4, 0.5) is 0 Å². The van der Waals surface area contributed by atoms with Crippen molar-refractivity contribution in [2.45, 2.75) is 37.6 Å². The number of aliphatic hydroxyl groups excluding tert-OH is 3. The van der Waals surface area contributed by atoms with Crippen molar-refractivity contribution in [2.24, 2.45) is 0 Å². The second kappa shape index (κ2) is 6.25. The summed E-state index contributed by atoms with van der Waals surface area (Å²) in [7, 11) is -4.95. The van der Waals surface area contributed by atoms with Crippen molar-refractivity contribution in [1.29, 1.82) is 0 Å². The Hall–Kier alpha value is -0.580. The zero-order chi connectivity index (χ0) is 14.8. The largest absolute Gasteiger partial charge is 0.470 e. The van der Waals surface area contributed by atoms with Crippen molar-refractivity contribution in [2.75, 3.05) is 6.61 Å². The molecule has 1 aliphatic heterocycles. The zero-order valence-electron chi connectivity index (χ0n) is 9.91. The highest BCUT2D eigenvalue weighted by atomic mass is 31.2. The first-order valence-corrected chi connectivity index (χ1v) is 6.82. The van der Waals surface area contributed by atoms with Crippen LogP contribution in [-0.2, 0) is 18.6 Å². The molecule has 10 nitrogen and oxygen atoms in total. The maximum Gasteiger partial charge on any atom is 0.470 e. The number of amides is 1. The molecule has 1 amide bonds. The third-order valence-corrected chi connectivity index (χ3v) is 3.02. The molecule has 1 heterocycles. The Balaban J connectivity index is 2.91. The second-order valence-electron chi connectivity index (χ2n) is 4.03. The summed E-state index contributed by atoms with van der Waals surface area (Å²) in [5.41, 5.74) is 0. The Morgan fingerprint density at radius 1 is 1.42 bits per heavy atom. The maximum atomic E-state index is 10.9. The van der Waals surface area contributed by atoms with Gasteiger partial charge in [0.15, 0.2) is 6.29 Å². The Bertz CT molecular complexity index is 371. The van der Waals surface area contributed by atoms with Crippen LogP contribution in [0.15, 0.2) is 0 Å². The number of hydrogen-bond acceptors (Lipinski definition) is 7. The highest BCUT2D eigenvalue weighted by Crippen LogP contribution is 2.41. The highest BCUT2D eigenvalue weighted by Gasteiger charge is 2.47. The van der Waals surface area contributed by atoms with Crippen LogP contribution < -0.4 is 5.32 Å². The highest BCUT2D eigenvalue weighted by molar-refractivity contribution is 7.46. The molecule has 0 bridgehead atoms. The van der Waals surface area contributed by atoms with E-state index in [2.05, 4.69) is 9.84 Å². The number of nitrogens with one attached hydrogen (secondary N) is 1. The van der Waals surface area contributed by atoms with Gasteiger partial charge in [-0.25, -0.2) is 4.57 Å². The molecule has 0 aliphatic carbocycles. The summed E-state index contributed by atoms with van der Waals surface area (Å²) in [6.07, 6.45) is -6.26. The molecule has 6 N–H and O–H groups in total. The van der Waals surface area contributed by atoms with Crippen LogP contribution in [0, 0.1) is 0 Å². The molecule has 1 aliphatic rings.